The summed E-state index contributed by atoms with van der Waals surface area (Å²) in [6, 6.07) is 4.83. The van der Waals surface area contributed by atoms with Crippen LogP contribution >= 0.6 is 0 Å². The molecular formula is C20H27F3N2O2. The van der Waals surface area contributed by atoms with Gasteiger partial charge in [0.2, 0.25) is 0 Å². The smallest absolute Gasteiger partial charge is 0.381 e. The summed E-state index contributed by atoms with van der Waals surface area (Å²) in [6.45, 7) is 8.60. The summed E-state index contributed by atoms with van der Waals surface area (Å²) in [4.78, 5) is 16.8. The number of carbonyl (C=O) groups excluding carboxylic acids is 1. The molecule has 0 bridgehead atoms. The molecule has 1 atom stereocenters. The standard InChI is InChI=1S/C20H27F3N2O2/c1-13(15-9-11-27-12-10-15)24-14(2)25-18(26)19(3,4)16-5-7-17(8-6-16)20(21,22)23/h5-8,13,15H,9-12H2,1-4H3,(H,24,25,26). The van der Waals surface area contributed by atoms with Crippen LogP contribution in [-0.4, -0.2) is 31.0 Å². The molecule has 7 heteroatoms. The molecule has 150 valence electrons. The predicted molar refractivity (Wildman–Crippen MR) is 98.7 cm³/mol. The number of aliphatic imine (C=N–C) groups is 1. The second-order valence-electron chi connectivity index (χ2n) is 7.59. The number of amidine groups is 1. The summed E-state index contributed by atoms with van der Waals surface area (Å²) in [5.41, 5.74) is -1.26. The molecule has 1 aliphatic heterocycles. The van der Waals surface area contributed by atoms with Gasteiger partial charge in [0, 0.05) is 19.3 Å². The number of nitrogens with zero attached hydrogens (tertiary/aromatic N) is 1. The van der Waals surface area contributed by atoms with E-state index in [9.17, 15) is 18.0 Å². The number of hydrogen-bond donors (Lipinski definition) is 1. The molecule has 0 saturated carbocycles. The summed E-state index contributed by atoms with van der Waals surface area (Å²) in [5.74, 6) is 0.576. The Morgan fingerprint density at radius 3 is 2.19 bits per heavy atom. The molecule has 1 saturated heterocycles. The average molecular weight is 384 g/mol. The van der Waals surface area contributed by atoms with Crippen LogP contribution in [0, 0.1) is 5.92 Å². The van der Waals surface area contributed by atoms with Gasteiger partial charge in [0.25, 0.3) is 5.91 Å². The molecule has 4 nitrogen and oxygen atoms in total. The number of halogens is 3. The van der Waals surface area contributed by atoms with Crippen molar-refractivity contribution in [2.45, 2.75) is 58.2 Å². The van der Waals surface area contributed by atoms with E-state index in [1.807, 2.05) is 0 Å². The maximum absolute atomic E-state index is 12.7. The highest BCUT2D eigenvalue weighted by Crippen LogP contribution is 2.32. The molecule has 1 aromatic carbocycles. The Kier molecular flexibility index (Phi) is 6.68. The molecule has 1 N–H and O–H groups in total. The van der Waals surface area contributed by atoms with Gasteiger partial charge in [-0.15, -0.1) is 0 Å². The van der Waals surface area contributed by atoms with Gasteiger partial charge in [-0.2, -0.15) is 13.2 Å². The number of amides is 1. The summed E-state index contributed by atoms with van der Waals surface area (Å²) < 4.78 is 43.5. The van der Waals surface area contributed by atoms with Crippen LogP contribution in [0.3, 0.4) is 0 Å². The number of benzene rings is 1. The quantitative estimate of drug-likeness (QED) is 0.621. The minimum atomic E-state index is -4.40. The van der Waals surface area contributed by atoms with Crippen LogP contribution in [0.1, 0.15) is 51.7 Å². The Morgan fingerprint density at radius 1 is 1.15 bits per heavy atom. The molecule has 1 unspecified atom stereocenters. The molecule has 0 aromatic heterocycles. The Bertz CT molecular complexity index is 675. The van der Waals surface area contributed by atoms with Gasteiger partial charge in [0.15, 0.2) is 0 Å². The van der Waals surface area contributed by atoms with Crippen molar-refractivity contribution in [2.75, 3.05) is 13.2 Å². The highest BCUT2D eigenvalue weighted by molar-refractivity contribution is 5.98. The van der Waals surface area contributed by atoms with Crippen molar-refractivity contribution in [3.8, 4) is 0 Å². The van der Waals surface area contributed by atoms with E-state index in [1.54, 1.807) is 20.8 Å². The van der Waals surface area contributed by atoms with Gasteiger partial charge >= 0.3 is 6.18 Å². The Labute approximate surface area is 158 Å². The van der Waals surface area contributed by atoms with Crippen LogP contribution in [0.2, 0.25) is 0 Å². The lowest BCUT2D eigenvalue weighted by Gasteiger charge is -2.29. The van der Waals surface area contributed by atoms with E-state index in [0.29, 0.717) is 17.3 Å². The second-order valence-corrected chi connectivity index (χ2v) is 7.59. The molecule has 1 heterocycles. The van der Waals surface area contributed by atoms with Crippen molar-refractivity contribution < 1.29 is 22.7 Å². The van der Waals surface area contributed by atoms with E-state index in [4.69, 9.17) is 4.74 Å². The first kappa shape index (κ1) is 21.4. The molecule has 1 aliphatic rings. The van der Waals surface area contributed by atoms with E-state index < -0.39 is 23.1 Å². The van der Waals surface area contributed by atoms with Gasteiger partial charge in [-0.3, -0.25) is 4.79 Å². The first-order valence-corrected chi connectivity index (χ1v) is 9.13. The molecule has 1 aromatic rings. The monoisotopic (exact) mass is 384 g/mol. The fourth-order valence-electron chi connectivity index (χ4n) is 3.19. The molecule has 1 amide bonds. The van der Waals surface area contributed by atoms with Gasteiger partial charge in [-0.05, 0) is 64.2 Å². The molecule has 1 fully saturated rings. The number of hydrogen-bond acceptors (Lipinski definition) is 2. The highest BCUT2D eigenvalue weighted by atomic mass is 19.4. The van der Waals surface area contributed by atoms with Gasteiger partial charge in [-0.1, -0.05) is 12.1 Å². The lowest BCUT2D eigenvalue weighted by atomic mass is 9.83. The Balaban J connectivity index is 2.06. The van der Waals surface area contributed by atoms with Crippen molar-refractivity contribution in [3.63, 3.8) is 0 Å². The third-order valence-corrected chi connectivity index (χ3v) is 5.15. The number of carbonyl (C=O) groups is 1. The van der Waals surface area contributed by atoms with Crippen molar-refractivity contribution in [3.05, 3.63) is 35.4 Å². The first-order chi connectivity index (χ1) is 12.5. The summed E-state index contributed by atoms with van der Waals surface area (Å²) in [7, 11) is 0. The zero-order valence-corrected chi connectivity index (χ0v) is 16.2. The second kappa shape index (κ2) is 8.42. The number of ether oxygens (including phenoxy) is 1. The maximum Gasteiger partial charge on any atom is 0.416 e. The molecule has 0 aliphatic carbocycles. The zero-order chi connectivity index (χ0) is 20.2. The largest absolute Gasteiger partial charge is 0.416 e. The van der Waals surface area contributed by atoms with Gasteiger partial charge < -0.3 is 10.1 Å². The number of rotatable bonds is 4. The third kappa shape index (κ3) is 5.54. The van der Waals surface area contributed by atoms with E-state index in [1.165, 1.54) is 12.1 Å². The Morgan fingerprint density at radius 2 is 1.67 bits per heavy atom. The van der Waals surface area contributed by atoms with Crippen molar-refractivity contribution in [1.82, 2.24) is 5.32 Å². The van der Waals surface area contributed by atoms with Crippen LogP contribution in [0.15, 0.2) is 29.3 Å². The van der Waals surface area contributed by atoms with Crippen LogP contribution < -0.4 is 5.32 Å². The van der Waals surface area contributed by atoms with Crippen molar-refractivity contribution in [1.29, 1.82) is 0 Å². The van der Waals surface area contributed by atoms with Crippen LogP contribution in [0.25, 0.3) is 0 Å². The van der Waals surface area contributed by atoms with Crippen LogP contribution in [0.5, 0.6) is 0 Å². The molecular weight excluding hydrogens is 357 g/mol. The SMILES string of the molecule is C/C(=N\C(=O)C(C)(C)c1ccc(C(F)(F)F)cc1)NC(C)C1CCOCC1. The lowest BCUT2D eigenvalue weighted by molar-refractivity contribution is -0.137. The van der Waals surface area contributed by atoms with Crippen LogP contribution in [-0.2, 0) is 21.1 Å². The summed E-state index contributed by atoms with van der Waals surface area (Å²) in [6.07, 6.45) is -2.47. The fraction of sp³-hybridized carbons (Fsp3) is 0.600. The minimum absolute atomic E-state index is 0.166. The first-order valence-electron chi connectivity index (χ1n) is 9.13. The van der Waals surface area contributed by atoms with Crippen LogP contribution in [0.4, 0.5) is 13.2 Å². The molecule has 27 heavy (non-hydrogen) atoms. The number of alkyl halides is 3. The fourth-order valence-corrected chi connectivity index (χ4v) is 3.19. The van der Waals surface area contributed by atoms with Crippen molar-refractivity contribution in [2.24, 2.45) is 10.9 Å². The van der Waals surface area contributed by atoms with E-state index in [2.05, 4.69) is 17.2 Å². The minimum Gasteiger partial charge on any atom is -0.381 e. The van der Waals surface area contributed by atoms with Gasteiger partial charge in [0.1, 0.15) is 5.84 Å². The third-order valence-electron chi connectivity index (χ3n) is 5.15. The van der Waals surface area contributed by atoms with E-state index in [0.717, 1.165) is 38.2 Å². The highest BCUT2D eigenvalue weighted by Gasteiger charge is 2.33. The average Bonchev–Trinajstić information content (AvgIpc) is 2.61. The normalized spacial score (nSPS) is 18.3. The predicted octanol–water partition coefficient (Wildman–Crippen LogP) is 4.33. The molecule has 0 radical (unpaired) electrons. The van der Waals surface area contributed by atoms with Crippen molar-refractivity contribution >= 4 is 11.7 Å². The molecule has 0 spiro atoms. The Hall–Kier alpha value is -1.89. The number of nitrogens with one attached hydrogen (secondary N) is 1. The topological polar surface area (TPSA) is 50.7 Å². The summed E-state index contributed by atoms with van der Waals surface area (Å²) in [5, 5.41) is 3.26. The summed E-state index contributed by atoms with van der Waals surface area (Å²) >= 11 is 0. The maximum atomic E-state index is 12.7. The van der Waals surface area contributed by atoms with Gasteiger partial charge in [0.05, 0.1) is 11.0 Å². The van der Waals surface area contributed by atoms with E-state index >= 15 is 0 Å². The van der Waals surface area contributed by atoms with E-state index in [-0.39, 0.29) is 6.04 Å². The van der Waals surface area contributed by atoms with Gasteiger partial charge in [-0.25, -0.2) is 4.99 Å². The lowest BCUT2D eigenvalue weighted by Crippen LogP contribution is -2.40. The molecule has 2 rings (SSSR count). The zero-order valence-electron chi connectivity index (χ0n) is 16.2.